The molecule has 2 amide bonds. The van der Waals surface area contributed by atoms with Gasteiger partial charge in [0.2, 0.25) is 5.91 Å². The van der Waals surface area contributed by atoms with Gasteiger partial charge in [-0.25, -0.2) is 8.78 Å². The van der Waals surface area contributed by atoms with E-state index in [1.165, 1.54) is 12.1 Å². The molecule has 42 heavy (non-hydrogen) atoms. The normalized spacial score (nSPS) is 18.6. The van der Waals surface area contributed by atoms with Crippen molar-refractivity contribution in [3.8, 4) is 0 Å². The van der Waals surface area contributed by atoms with Gasteiger partial charge < -0.3 is 26.2 Å². The third-order valence-corrected chi connectivity index (χ3v) is 7.45. The zero-order chi connectivity index (χ0) is 31.1. The number of carbonyl (C=O) groups is 2. The molecule has 0 radical (unpaired) electrons. The first-order valence-electron chi connectivity index (χ1n) is 14.8. The van der Waals surface area contributed by atoms with Gasteiger partial charge in [0, 0.05) is 37.3 Å². The molecular formula is C32H46F2N4O4. The third kappa shape index (κ3) is 9.04. The Morgan fingerprint density at radius 2 is 1.64 bits per heavy atom. The molecule has 0 aliphatic carbocycles. The molecule has 2 aromatic carbocycles. The Bertz CT molecular complexity index is 1200. The maximum absolute atomic E-state index is 13.7. The lowest BCUT2D eigenvalue weighted by Gasteiger charge is -2.33. The molecule has 0 saturated carbocycles. The topological polar surface area (TPSA) is 125 Å². The van der Waals surface area contributed by atoms with Gasteiger partial charge in [0.05, 0.1) is 12.1 Å². The van der Waals surface area contributed by atoms with Gasteiger partial charge in [-0.05, 0) is 79.5 Å². The van der Waals surface area contributed by atoms with E-state index in [-0.39, 0.29) is 24.8 Å². The quantitative estimate of drug-likeness (QED) is 0.254. The summed E-state index contributed by atoms with van der Waals surface area (Å²) in [5, 5.41) is 11.1. The second-order valence-electron chi connectivity index (χ2n) is 11.8. The molecule has 1 fully saturated rings. The molecule has 0 aromatic heterocycles. The number of aliphatic hydroxyl groups excluding tert-OH is 1. The maximum atomic E-state index is 13.7. The lowest BCUT2D eigenvalue weighted by molar-refractivity contribution is -0.125. The van der Waals surface area contributed by atoms with Crippen LogP contribution in [0.1, 0.15) is 80.1 Å². The van der Waals surface area contributed by atoms with Crippen molar-refractivity contribution in [3.63, 3.8) is 0 Å². The molecule has 5 atom stereocenters. The summed E-state index contributed by atoms with van der Waals surface area (Å²) in [6, 6.07) is 7.16. The molecule has 1 aliphatic heterocycles. The molecule has 5 N–H and O–H groups in total. The van der Waals surface area contributed by atoms with Gasteiger partial charge in [-0.3, -0.25) is 14.5 Å². The third-order valence-electron chi connectivity index (χ3n) is 7.45. The first-order chi connectivity index (χ1) is 19.8. The smallest absolute Gasteiger partial charge is 0.253 e. The number of primary amides is 1. The Kier molecular flexibility index (Phi) is 12.0. The van der Waals surface area contributed by atoms with Crippen molar-refractivity contribution in [2.45, 2.75) is 90.8 Å². The second kappa shape index (κ2) is 15.0. The van der Waals surface area contributed by atoms with Crippen LogP contribution < -0.4 is 11.5 Å². The molecule has 1 heterocycles. The van der Waals surface area contributed by atoms with Crippen LogP contribution in [0.25, 0.3) is 0 Å². The van der Waals surface area contributed by atoms with E-state index in [9.17, 15) is 23.5 Å². The number of halogens is 2. The largest absolute Gasteiger partial charge is 0.390 e. The zero-order valence-corrected chi connectivity index (χ0v) is 25.4. The van der Waals surface area contributed by atoms with Crippen LogP contribution in [-0.2, 0) is 16.0 Å². The Labute approximate surface area is 248 Å². The van der Waals surface area contributed by atoms with Gasteiger partial charge in [0.25, 0.3) is 5.91 Å². The van der Waals surface area contributed by atoms with E-state index < -0.39 is 48.1 Å². The molecule has 0 bridgehead atoms. The van der Waals surface area contributed by atoms with Crippen LogP contribution in [0.4, 0.5) is 8.78 Å². The molecule has 10 heteroatoms. The van der Waals surface area contributed by atoms with Crippen LogP contribution in [0.3, 0.4) is 0 Å². The first-order valence-corrected chi connectivity index (χ1v) is 14.8. The number of amides is 2. The zero-order valence-electron chi connectivity index (χ0n) is 25.4. The highest BCUT2D eigenvalue weighted by Gasteiger charge is 2.49. The molecule has 3 rings (SSSR count). The van der Waals surface area contributed by atoms with Crippen LogP contribution in [0, 0.1) is 24.5 Å². The summed E-state index contributed by atoms with van der Waals surface area (Å²) < 4.78 is 33.5. The molecular weight excluding hydrogens is 542 g/mol. The maximum Gasteiger partial charge on any atom is 0.253 e. The monoisotopic (exact) mass is 588 g/mol. The summed E-state index contributed by atoms with van der Waals surface area (Å²) in [5.41, 5.74) is 14.7. The number of nitrogens with zero attached hydrogens (tertiary/aromatic N) is 2. The summed E-state index contributed by atoms with van der Waals surface area (Å²) in [4.78, 5) is 29.6. The van der Waals surface area contributed by atoms with Gasteiger partial charge >= 0.3 is 0 Å². The average molecular weight is 589 g/mol. The highest BCUT2D eigenvalue weighted by Crippen LogP contribution is 2.43. The van der Waals surface area contributed by atoms with E-state index >= 15 is 0 Å². The molecule has 2 aromatic rings. The SMILES string of the molecule is CCCN(CCC)C(=O)c1cc(C)cc(C2OC2N(C[C@@H](O)[C@@H](N)Cc2cc(F)cc(F)c2)C(CC(C)C)C(N)=O)c1. The summed E-state index contributed by atoms with van der Waals surface area (Å²) >= 11 is 0. The predicted molar refractivity (Wildman–Crippen MR) is 158 cm³/mol. The van der Waals surface area contributed by atoms with E-state index in [1.54, 1.807) is 4.90 Å². The Hall–Kier alpha value is -2.92. The molecule has 3 unspecified atom stereocenters. The summed E-state index contributed by atoms with van der Waals surface area (Å²) in [7, 11) is 0. The average Bonchev–Trinajstić information content (AvgIpc) is 3.69. The van der Waals surface area contributed by atoms with Crippen molar-refractivity contribution in [3.05, 3.63) is 70.3 Å². The van der Waals surface area contributed by atoms with Crippen molar-refractivity contribution >= 4 is 11.8 Å². The number of aryl methyl sites for hydroxylation is 1. The van der Waals surface area contributed by atoms with Crippen LogP contribution in [-0.4, -0.2) is 70.8 Å². The van der Waals surface area contributed by atoms with Gasteiger partial charge in [0.1, 0.15) is 24.0 Å². The van der Waals surface area contributed by atoms with Gasteiger partial charge in [0.15, 0.2) is 0 Å². The van der Waals surface area contributed by atoms with Crippen molar-refractivity contribution in [1.82, 2.24) is 9.80 Å². The van der Waals surface area contributed by atoms with Gasteiger partial charge in [-0.1, -0.05) is 33.8 Å². The van der Waals surface area contributed by atoms with Crippen molar-refractivity contribution in [2.24, 2.45) is 17.4 Å². The first kappa shape index (κ1) is 33.6. The number of rotatable bonds is 16. The predicted octanol–water partition coefficient (Wildman–Crippen LogP) is 4.07. The van der Waals surface area contributed by atoms with Crippen molar-refractivity contribution in [2.75, 3.05) is 19.6 Å². The summed E-state index contributed by atoms with van der Waals surface area (Å²) in [6.07, 6.45) is -0.00835. The highest BCUT2D eigenvalue weighted by molar-refractivity contribution is 5.94. The molecule has 0 spiro atoms. The number of epoxide rings is 1. The van der Waals surface area contributed by atoms with Gasteiger partial charge in [-0.2, -0.15) is 0 Å². The minimum absolute atomic E-state index is 0.0272. The Morgan fingerprint density at radius 1 is 1.02 bits per heavy atom. The molecule has 8 nitrogen and oxygen atoms in total. The van der Waals surface area contributed by atoms with Crippen molar-refractivity contribution in [1.29, 1.82) is 0 Å². The number of carbonyl (C=O) groups excluding carboxylic acids is 2. The van der Waals surface area contributed by atoms with Crippen LogP contribution in [0.5, 0.6) is 0 Å². The summed E-state index contributed by atoms with van der Waals surface area (Å²) in [5.74, 6) is -1.92. The second-order valence-corrected chi connectivity index (χ2v) is 11.8. The fraction of sp³-hybridized carbons (Fsp3) is 0.562. The van der Waals surface area contributed by atoms with Crippen molar-refractivity contribution < 1.29 is 28.2 Å². The lowest BCUT2D eigenvalue weighted by Crippen LogP contribution is -2.53. The lowest BCUT2D eigenvalue weighted by atomic mass is 9.97. The molecule has 1 aliphatic rings. The van der Waals surface area contributed by atoms with Gasteiger partial charge in [-0.15, -0.1) is 0 Å². The molecule has 1 saturated heterocycles. The number of hydrogen-bond acceptors (Lipinski definition) is 6. The van der Waals surface area contributed by atoms with Crippen LogP contribution in [0.15, 0.2) is 36.4 Å². The number of ether oxygens (including phenoxy) is 1. The van der Waals surface area contributed by atoms with E-state index in [0.29, 0.717) is 30.6 Å². The molecule has 232 valence electrons. The minimum Gasteiger partial charge on any atom is -0.390 e. The van der Waals surface area contributed by atoms with E-state index in [2.05, 4.69) is 0 Å². The summed E-state index contributed by atoms with van der Waals surface area (Å²) in [6.45, 7) is 11.2. The Morgan fingerprint density at radius 3 is 2.19 bits per heavy atom. The number of hydrogen-bond donors (Lipinski definition) is 3. The number of aliphatic hydroxyl groups is 1. The number of nitrogens with two attached hydrogens (primary N) is 2. The fourth-order valence-corrected chi connectivity index (χ4v) is 5.50. The standard InChI is InChI=1S/C32H46F2N4O4/c1-6-8-37(9-7-2)31(41)23-12-20(5)11-22(16-23)29-32(42-29)38(27(30(36)40)10-19(3)4)18-28(39)26(35)15-21-13-24(33)17-25(34)14-21/h11-14,16-17,19,26-29,32,39H,6-10,15,18,35H2,1-5H3,(H2,36,40)/t26-,27?,28+,29?,32?/m0/s1. The van der Waals surface area contributed by atoms with E-state index in [4.69, 9.17) is 16.2 Å². The minimum atomic E-state index is -1.15. The fourth-order valence-electron chi connectivity index (χ4n) is 5.50. The van der Waals surface area contributed by atoms with Crippen LogP contribution >= 0.6 is 0 Å². The highest BCUT2D eigenvalue weighted by atomic mass is 19.1. The van der Waals surface area contributed by atoms with E-state index in [1.807, 2.05) is 57.7 Å². The van der Waals surface area contributed by atoms with E-state index in [0.717, 1.165) is 30.0 Å². The number of benzene rings is 2. The van der Waals surface area contributed by atoms with Crippen LogP contribution in [0.2, 0.25) is 0 Å². The Balaban J connectivity index is 1.85.